The first kappa shape index (κ1) is 16.7. The molecule has 0 spiro atoms. The summed E-state index contributed by atoms with van der Waals surface area (Å²) in [5.41, 5.74) is 0.509. The van der Waals surface area contributed by atoms with Gasteiger partial charge in [0.25, 0.3) is 0 Å². The lowest BCUT2D eigenvalue weighted by Crippen LogP contribution is -3.12. The van der Waals surface area contributed by atoms with Crippen molar-refractivity contribution in [2.24, 2.45) is 5.41 Å². The Hall–Kier alpha value is -0.160. The SMILES string of the molecule is CC1(C)C[C@](C[NH2+]C[C@@H]2CCCO2)(C[NH+]2CCCC2)CCO1. The van der Waals surface area contributed by atoms with E-state index >= 15 is 0 Å². The van der Waals surface area contributed by atoms with Crippen molar-refractivity contribution in [2.75, 3.05) is 45.9 Å². The minimum Gasteiger partial charge on any atom is -0.376 e. The second-order valence-corrected chi connectivity index (χ2v) is 8.53. The summed E-state index contributed by atoms with van der Waals surface area (Å²) in [7, 11) is 0. The Morgan fingerprint density at radius 2 is 1.95 bits per heavy atom. The van der Waals surface area contributed by atoms with E-state index in [0.717, 1.165) is 19.8 Å². The Labute approximate surface area is 135 Å². The summed E-state index contributed by atoms with van der Waals surface area (Å²) in [5.74, 6) is 0. The van der Waals surface area contributed by atoms with Crippen LogP contribution >= 0.6 is 0 Å². The zero-order valence-electron chi connectivity index (χ0n) is 14.7. The van der Waals surface area contributed by atoms with Crippen LogP contribution in [0.15, 0.2) is 0 Å². The molecule has 3 aliphatic heterocycles. The van der Waals surface area contributed by atoms with Crippen molar-refractivity contribution < 1.29 is 19.7 Å². The third-order valence-corrected chi connectivity index (χ3v) is 5.89. The van der Waals surface area contributed by atoms with Gasteiger partial charge in [0, 0.05) is 26.1 Å². The highest BCUT2D eigenvalue weighted by atomic mass is 16.5. The summed E-state index contributed by atoms with van der Waals surface area (Å²) in [5, 5.41) is 2.55. The summed E-state index contributed by atoms with van der Waals surface area (Å²) in [6.45, 7) is 13.0. The molecule has 22 heavy (non-hydrogen) atoms. The van der Waals surface area contributed by atoms with Crippen molar-refractivity contribution >= 4 is 0 Å². The summed E-state index contributed by atoms with van der Waals surface area (Å²) in [6, 6.07) is 0. The first-order chi connectivity index (χ1) is 10.6. The van der Waals surface area contributed by atoms with E-state index in [4.69, 9.17) is 9.47 Å². The topological polar surface area (TPSA) is 39.5 Å². The Morgan fingerprint density at radius 3 is 2.64 bits per heavy atom. The lowest BCUT2D eigenvalue weighted by molar-refractivity contribution is -0.897. The smallest absolute Gasteiger partial charge is 0.106 e. The maximum atomic E-state index is 6.02. The molecule has 3 fully saturated rings. The number of hydrogen-bond donors (Lipinski definition) is 2. The average Bonchev–Trinajstić information content (AvgIpc) is 3.11. The van der Waals surface area contributed by atoms with Gasteiger partial charge in [-0.05, 0) is 39.5 Å². The van der Waals surface area contributed by atoms with Crippen molar-refractivity contribution in [3.05, 3.63) is 0 Å². The summed E-state index contributed by atoms with van der Waals surface area (Å²) >= 11 is 0. The third kappa shape index (κ3) is 4.44. The molecule has 0 aromatic heterocycles. The third-order valence-electron chi connectivity index (χ3n) is 5.89. The van der Waals surface area contributed by atoms with Gasteiger partial charge in [-0.3, -0.25) is 0 Å². The number of nitrogens with one attached hydrogen (secondary N) is 1. The van der Waals surface area contributed by atoms with Gasteiger partial charge >= 0.3 is 0 Å². The van der Waals surface area contributed by atoms with Crippen LogP contribution in [0.1, 0.15) is 52.4 Å². The number of rotatable bonds is 6. The molecule has 3 aliphatic rings. The number of hydrogen-bond acceptors (Lipinski definition) is 2. The van der Waals surface area contributed by atoms with Gasteiger partial charge in [0.05, 0.1) is 37.2 Å². The van der Waals surface area contributed by atoms with Crippen LogP contribution in [0.25, 0.3) is 0 Å². The molecule has 0 aromatic rings. The minimum absolute atomic E-state index is 0.0507. The van der Waals surface area contributed by atoms with Crippen LogP contribution in [-0.4, -0.2) is 57.6 Å². The molecule has 0 aliphatic carbocycles. The van der Waals surface area contributed by atoms with Gasteiger partial charge in [-0.15, -0.1) is 0 Å². The highest BCUT2D eigenvalue weighted by Gasteiger charge is 2.45. The lowest BCUT2D eigenvalue weighted by atomic mass is 9.73. The van der Waals surface area contributed by atoms with Crippen LogP contribution in [-0.2, 0) is 9.47 Å². The Kier molecular flexibility index (Phi) is 5.43. The second-order valence-electron chi connectivity index (χ2n) is 8.53. The van der Waals surface area contributed by atoms with Crippen molar-refractivity contribution in [3.8, 4) is 0 Å². The summed E-state index contributed by atoms with van der Waals surface area (Å²) in [6.07, 6.45) is 8.31. The first-order valence-electron chi connectivity index (χ1n) is 9.48. The van der Waals surface area contributed by atoms with Gasteiger partial charge in [0.15, 0.2) is 0 Å². The minimum atomic E-state index is 0.0507. The molecular formula is C18H36N2O2+2. The zero-order valence-corrected chi connectivity index (χ0v) is 14.7. The number of quaternary nitrogens is 2. The van der Waals surface area contributed by atoms with Crippen molar-refractivity contribution in [3.63, 3.8) is 0 Å². The van der Waals surface area contributed by atoms with E-state index in [-0.39, 0.29) is 5.60 Å². The van der Waals surface area contributed by atoms with Gasteiger partial charge in [-0.2, -0.15) is 0 Å². The van der Waals surface area contributed by atoms with E-state index in [1.165, 1.54) is 64.7 Å². The lowest BCUT2D eigenvalue weighted by Gasteiger charge is -2.44. The molecule has 0 saturated carbocycles. The molecule has 0 unspecified atom stereocenters. The summed E-state index contributed by atoms with van der Waals surface area (Å²) in [4.78, 5) is 1.84. The van der Waals surface area contributed by atoms with Gasteiger partial charge in [-0.25, -0.2) is 0 Å². The van der Waals surface area contributed by atoms with E-state index in [0.29, 0.717) is 11.5 Å². The van der Waals surface area contributed by atoms with Crippen molar-refractivity contribution in [2.45, 2.75) is 64.1 Å². The molecule has 2 atom stereocenters. The largest absolute Gasteiger partial charge is 0.376 e. The normalized spacial score (nSPS) is 36.0. The molecule has 0 aromatic carbocycles. The monoisotopic (exact) mass is 312 g/mol. The van der Waals surface area contributed by atoms with E-state index in [9.17, 15) is 0 Å². The Bertz CT molecular complexity index is 349. The van der Waals surface area contributed by atoms with Crippen LogP contribution in [0, 0.1) is 5.41 Å². The average molecular weight is 312 g/mol. The van der Waals surface area contributed by atoms with E-state index in [2.05, 4.69) is 19.2 Å². The van der Waals surface area contributed by atoms with Crippen LogP contribution in [0.4, 0.5) is 0 Å². The van der Waals surface area contributed by atoms with Crippen LogP contribution in [0.2, 0.25) is 0 Å². The van der Waals surface area contributed by atoms with E-state index < -0.39 is 0 Å². The predicted octanol–water partition coefficient (Wildman–Crippen LogP) is -0.0171. The van der Waals surface area contributed by atoms with Gasteiger partial charge in [0.1, 0.15) is 12.6 Å². The molecule has 3 N–H and O–H groups in total. The molecule has 128 valence electrons. The molecule has 4 nitrogen and oxygen atoms in total. The fourth-order valence-corrected chi connectivity index (χ4v) is 4.97. The van der Waals surface area contributed by atoms with Crippen LogP contribution in [0.5, 0.6) is 0 Å². The maximum Gasteiger partial charge on any atom is 0.106 e. The zero-order chi connectivity index (χ0) is 15.5. The van der Waals surface area contributed by atoms with Crippen molar-refractivity contribution in [1.82, 2.24) is 0 Å². The molecular weight excluding hydrogens is 276 g/mol. The highest BCUT2D eigenvalue weighted by Crippen LogP contribution is 2.37. The van der Waals surface area contributed by atoms with Crippen molar-refractivity contribution in [1.29, 1.82) is 0 Å². The van der Waals surface area contributed by atoms with Gasteiger partial charge < -0.3 is 19.7 Å². The fourth-order valence-electron chi connectivity index (χ4n) is 4.97. The predicted molar refractivity (Wildman–Crippen MR) is 87.1 cm³/mol. The van der Waals surface area contributed by atoms with Gasteiger partial charge in [0.2, 0.25) is 0 Å². The Morgan fingerprint density at radius 1 is 1.14 bits per heavy atom. The number of ether oxygens (including phenoxy) is 2. The van der Waals surface area contributed by atoms with Crippen LogP contribution < -0.4 is 10.2 Å². The molecule has 0 radical (unpaired) electrons. The molecule has 3 rings (SSSR count). The molecule has 3 heterocycles. The first-order valence-corrected chi connectivity index (χ1v) is 9.48. The quantitative estimate of drug-likeness (QED) is 0.724. The fraction of sp³-hybridized carbons (Fsp3) is 1.00. The van der Waals surface area contributed by atoms with E-state index in [1.807, 2.05) is 4.90 Å². The molecule has 3 saturated heterocycles. The van der Waals surface area contributed by atoms with Gasteiger partial charge in [-0.1, -0.05) is 0 Å². The highest BCUT2D eigenvalue weighted by molar-refractivity contribution is 4.89. The number of nitrogens with two attached hydrogens (primary N) is 1. The maximum absolute atomic E-state index is 6.02. The number of likely N-dealkylation sites (tertiary alicyclic amines) is 1. The standard InChI is InChI=1S/C18H34N2O2/c1-17(2)13-18(7-11-22-17,15-20-8-3-4-9-20)14-19-12-16-6-5-10-21-16/h16,19H,3-15H2,1-2H3/p+2/t16-,18+/m0/s1. The molecule has 0 bridgehead atoms. The molecule has 4 heteroatoms. The Balaban J connectivity index is 1.57. The summed E-state index contributed by atoms with van der Waals surface area (Å²) < 4.78 is 11.8. The second kappa shape index (κ2) is 7.16. The van der Waals surface area contributed by atoms with E-state index in [1.54, 1.807) is 0 Å². The van der Waals surface area contributed by atoms with Crippen LogP contribution in [0.3, 0.4) is 0 Å². The molecule has 0 amide bonds.